The second-order valence-electron chi connectivity index (χ2n) is 7.84. The minimum absolute atomic E-state index is 0.0760. The zero-order valence-electron chi connectivity index (χ0n) is 13.6. The van der Waals surface area contributed by atoms with Gasteiger partial charge in [0.1, 0.15) is 5.76 Å². The normalized spacial score (nSPS) is 24.1. The summed E-state index contributed by atoms with van der Waals surface area (Å²) in [5, 5.41) is 19.9. The molecule has 1 rings (SSSR count). The van der Waals surface area contributed by atoms with Crippen molar-refractivity contribution < 1.29 is 15.0 Å². The third-order valence-corrected chi connectivity index (χ3v) is 4.47. The Labute approximate surface area is 122 Å². The maximum absolute atomic E-state index is 11.0. The van der Waals surface area contributed by atoms with Gasteiger partial charge in [-0.05, 0) is 29.2 Å². The zero-order valence-corrected chi connectivity index (χ0v) is 13.6. The van der Waals surface area contributed by atoms with Gasteiger partial charge in [0.05, 0.1) is 0 Å². The summed E-state index contributed by atoms with van der Waals surface area (Å²) >= 11 is 0. The number of hydrogen-bond acceptors (Lipinski definition) is 2. The topological polar surface area (TPSA) is 57.5 Å². The van der Waals surface area contributed by atoms with E-state index in [0.29, 0.717) is 18.6 Å². The smallest absolute Gasteiger partial charge is 0.303 e. The summed E-state index contributed by atoms with van der Waals surface area (Å²) in [5.74, 6) is -0.436. The summed E-state index contributed by atoms with van der Waals surface area (Å²) < 4.78 is 0. The molecule has 0 aromatic carbocycles. The van der Waals surface area contributed by atoms with Crippen molar-refractivity contribution >= 4 is 5.97 Å². The lowest BCUT2D eigenvalue weighted by Gasteiger charge is -2.47. The Morgan fingerprint density at radius 2 is 1.80 bits per heavy atom. The van der Waals surface area contributed by atoms with Gasteiger partial charge in [0.25, 0.3) is 0 Å². The van der Waals surface area contributed by atoms with Gasteiger partial charge in [0, 0.05) is 11.8 Å². The number of rotatable bonds is 3. The molecule has 0 saturated heterocycles. The van der Waals surface area contributed by atoms with Crippen LogP contribution in [-0.4, -0.2) is 16.2 Å². The van der Waals surface area contributed by atoms with E-state index >= 15 is 0 Å². The van der Waals surface area contributed by atoms with E-state index in [-0.39, 0.29) is 17.3 Å². The molecule has 0 aliphatic heterocycles. The van der Waals surface area contributed by atoms with Crippen LogP contribution < -0.4 is 0 Å². The first-order valence-electron chi connectivity index (χ1n) is 7.24. The Balaban J connectivity index is 3.35. The standard InChI is InChI=1S/C17H28O3/c1-15(2,3)12-8-7-10-17(14(12)20,16(4,5)6)11-9-13(18)19/h7-8,20H,9-11H2,1-6H3,(H,18,19). The second-order valence-corrected chi connectivity index (χ2v) is 7.84. The summed E-state index contributed by atoms with van der Waals surface area (Å²) in [6.07, 6.45) is 5.29. The number of aliphatic carboxylic acids is 1. The van der Waals surface area contributed by atoms with Gasteiger partial charge in [-0.3, -0.25) is 4.79 Å². The van der Waals surface area contributed by atoms with Gasteiger partial charge in [-0.1, -0.05) is 53.7 Å². The molecule has 1 atom stereocenters. The van der Waals surface area contributed by atoms with E-state index in [1.54, 1.807) is 0 Å². The lowest BCUT2D eigenvalue weighted by atomic mass is 9.58. The van der Waals surface area contributed by atoms with Crippen molar-refractivity contribution in [1.82, 2.24) is 0 Å². The number of hydrogen-bond donors (Lipinski definition) is 2. The molecule has 0 fully saturated rings. The van der Waals surface area contributed by atoms with Crippen molar-refractivity contribution in [3.63, 3.8) is 0 Å². The molecule has 0 amide bonds. The SMILES string of the molecule is CC(C)(C)C1=C(O)C(CCC(=O)O)(C(C)(C)C)CC=C1. The van der Waals surface area contributed by atoms with E-state index in [1.807, 2.05) is 6.08 Å². The minimum Gasteiger partial charge on any atom is -0.511 e. The first-order chi connectivity index (χ1) is 8.92. The molecule has 20 heavy (non-hydrogen) atoms. The third kappa shape index (κ3) is 3.08. The number of carbonyl (C=O) groups is 1. The van der Waals surface area contributed by atoms with Crippen molar-refractivity contribution in [3.05, 3.63) is 23.5 Å². The molecule has 1 unspecified atom stereocenters. The van der Waals surface area contributed by atoms with E-state index in [2.05, 4.69) is 47.6 Å². The molecule has 0 heterocycles. The summed E-state index contributed by atoms with van der Waals surface area (Å²) in [5.41, 5.74) is 0.0705. The molecule has 2 N–H and O–H groups in total. The number of carboxylic acids is 1. The van der Waals surface area contributed by atoms with Crippen LogP contribution in [0.3, 0.4) is 0 Å². The fraction of sp³-hybridized carbons (Fsp3) is 0.706. The molecule has 3 nitrogen and oxygen atoms in total. The molecular formula is C17H28O3. The van der Waals surface area contributed by atoms with Gasteiger partial charge < -0.3 is 10.2 Å². The van der Waals surface area contributed by atoms with Crippen LogP contribution in [-0.2, 0) is 4.79 Å². The van der Waals surface area contributed by atoms with E-state index < -0.39 is 11.4 Å². The van der Waals surface area contributed by atoms with Crippen LogP contribution in [0.2, 0.25) is 0 Å². The van der Waals surface area contributed by atoms with Gasteiger partial charge in [0.2, 0.25) is 0 Å². The van der Waals surface area contributed by atoms with E-state index in [1.165, 1.54) is 0 Å². The van der Waals surface area contributed by atoms with Crippen LogP contribution >= 0.6 is 0 Å². The quantitative estimate of drug-likeness (QED) is 0.787. The highest BCUT2D eigenvalue weighted by atomic mass is 16.4. The predicted molar refractivity (Wildman–Crippen MR) is 81.6 cm³/mol. The van der Waals surface area contributed by atoms with Crippen molar-refractivity contribution in [2.75, 3.05) is 0 Å². The largest absolute Gasteiger partial charge is 0.511 e. The zero-order chi connectivity index (χ0) is 15.8. The van der Waals surface area contributed by atoms with Gasteiger partial charge in [-0.25, -0.2) is 0 Å². The lowest BCUT2D eigenvalue weighted by molar-refractivity contribution is -0.138. The van der Waals surface area contributed by atoms with Crippen LogP contribution in [0.25, 0.3) is 0 Å². The Kier molecular flexibility index (Phi) is 4.42. The Morgan fingerprint density at radius 3 is 2.20 bits per heavy atom. The van der Waals surface area contributed by atoms with Crippen molar-refractivity contribution in [1.29, 1.82) is 0 Å². The summed E-state index contributed by atoms with van der Waals surface area (Å²) in [7, 11) is 0. The van der Waals surface area contributed by atoms with E-state index in [4.69, 9.17) is 5.11 Å². The van der Waals surface area contributed by atoms with Gasteiger partial charge >= 0.3 is 5.97 Å². The molecule has 114 valence electrons. The average molecular weight is 280 g/mol. The monoisotopic (exact) mass is 280 g/mol. The number of aliphatic hydroxyl groups is 1. The first kappa shape index (κ1) is 16.8. The van der Waals surface area contributed by atoms with Crippen LogP contribution in [0.4, 0.5) is 0 Å². The fourth-order valence-corrected chi connectivity index (χ4v) is 2.99. The molecule has 0 saturated carbocycles. The average Bonchev–Trinajstić information content (AvgIpc) is 2.24. The Morgan fingerprint density at radius 1 is 1.25 bits per heavy atom. The van der Waals surface area contributed by atoms with E-state index in [9.17, 15) is 9.90 Å². The fourth-order valence-electron chi connectivity index (χ4n) is 2.99. The molecule has 3 heteroatoms. The van der Waals surface area contributed by atoms with Crippen LogP contribution in [0, 0.1) is 16.2 Å². The minimum atomic E-state index is -0.812. The Hall–Kier alpha value is -1.25. The molecule has 0 aromatic heterocycles. The summed E-state index contributed by atoms with van der Waals surface area (Å²) in [4.78, 5) is 11.0. The predicted octanol–water partition coefficient (Wildman–Crippen LogP) is 4.70. The molecule has 1 aliphatic rings. The number of aliphatic hydroxyl groups excluding tert-OH is 1. The highest BCUT2D eigenvalue weighted by Crippen LogP contribution is 2.54. The summed E-state index contributed by atoms with van der Waals surface area (Å²) in [6.45, 7) is 12.4. The number of allylic oxidation sites excluding steroid dienone is 4. The second kappa shape index (κ2) is 5.27. The molecule has 0 aromatic rings. The van der Waals surface area contributed by atoms with Crippen LogP contribution in [0.15, 0.2) is 23.5 Å². The lowest BCUT2D eigenvalue weighted by Crippen LogP contribution is -2.40. The van der Waals surface area contributed by atoms with Gasteiger partial charge in [0.15, 0.2) is 0 Å². The van der Waals surface area contributed by atoms with Crippen LogP contribution in [0.5, 0.6) is 0 Å². The maximum Gasteiger partial charge on any atom is 0.303 e. The van der Waals surface area contributed by atoms with Gasteiger partial charge in [-0.15, -0.1) is 0 Å². The van der Waals surface area contributed by atoms with Crippen molar-refractivity contribution in [2.45, 2.75) is 60.8 Å². The molecular weight excluding hydrogens is 252 g/mol. The van der Waals surface area contributed by atoms with Crippen LogP contribution in [0.1, 0.15) is 60.8 Å². The van der Waals surface area contributed by atoms with E-state index in [0.717, 1.165) is 5.57 Å². The van der Waals surface area contributed by atoms with Crippen molar-refractivity contribution in [3.8, 4) is 0 Å². The molecule has 0 spiro atoms. The Bertz CT molecular complexity index is 444. The van der Waals surface area contributed by atoms with Crippen molar-refractivity contribution in [2.24, 2.45) is 16.2 Å². The van der Waals surface area contributed by atoms with Gasteiger partial charge in [-0.2, -0.15) is 0 Å². The maximum atomic E-state index is 11.0. The summed E-state index contributed by atoms with van der Waals surface area (Å²) in [6, 6.07) is 0. The first-order valence-corrected chi connectivity index (χ1v) is 7.24. The molecule has 0 radical (unpaired) electrons. The highest BCUT2D eigenvalue weighted by Gasteiger charge is 2.47. The molecule has 0 bridgehead atoms. The highest BCUT2D eigenvalue weighted by molar-refractivity contribution is 5.66. The molecule has 1 aliphatic carbocycles. The number of carboxylic acid groups (broad SMARTS) is 1. The third-order valence-electron chi connectivity index (χ3n) is 4.47.